The molecule has 0 bridgehead atoms. The minimum Gasteiger partial charge on any atom is -0.444 e. The van der Waals surface area contributed by atoms with E-state index in [2.05, 4.69) is 30.1 Å². The van der Waals surface area contributed by atoms with Crippen molar-refractivity contribution in [2.75, 3.05) is 26.7 Å². The van der Waals surface area contributed by atoms with E-state index in [1.165, 1.54) is 10.5 Å². The normalized spacial score (nSPS) is 11.3. The first-order chi connectivity index (χ1) is 12.2. The Balaban J connectivity index is 2.58. The van der Waals surface area contributed by atoms with Crippen molar-refractivity contribution in [2.24, 2.45) is 0 Å². The van der Waals surface area contributed by atoms with Gasteiger partial charge in [0.05, 0.1) is 0 Å². The van der Waals surface area contributed by atoms with Gasteiger partial charge in [0, 0.05) is 20.1 Å². The van der Waals surface area contributed by atoms with Crippen molar-refractivity contribution >= 4 is 12.0 Å². The van der Waals surface area contributed by atoms with Crippen molar-refractivity contribution in [1.29, 1.82) is 0 Å². The summed E-state index contributed by atoms with van der Waals surface area (Å²) in [5.41, 5.74) is 1.72. The summed E-state index contributed by atoms with van der Waals surface area (Å²) in [6, 6.07) is 8.10. The molecule has 0 saturated carbocycles. The quantitative estimate of drug-likeness (QED) is 0.771. The lowest BCUT2D eigenvalue weighted by Crippen LogP contribution is -2.40. The first-order valence-electron chi connectivity index (χ1n) is 9.16. The minimum absolute atomic E-state index is 0.0346. The number of hydrogen-bond acceptors (Lipinski definition) is 4. The maximum Gasteiger partial charge on any atom is 0.410 e. The van der Waals surface area contributed by atoms with Crippen LogP contribution in [0.3, 0.4) is 0 Å². The maximum atomic E-state index is 12.2. The molecule has 6 nitrogen and oxygen atoms in total. The minimum atomic E-state index is -0.578. The van der Waals surface area contributed by atoms with Crippen molar-refractivity contribution < 1.29 is 14.3 Å². The maximum absolute atomic E-state index is 12.2. The van der Waals surface area contributed by atoms with Crippen LogP contribution in [0.4, 0.5) is 4.79 Å². The topological polar surface area (TPSA) is 61.9 Å². The van der Waals surface area contributed by atoms with Crippen LogP contribution in [0.15, 0.2) is 24.3 Å². The highest BCUT2D eigenvalue weighted by molar-refractivity contribution is 5.82. The molecule has 0 heterocycles. The SMILES string of the molecule is CCN(CC)Cc1ccccc1CNC(=O)CN(C)C(=O)OC(C)(C)C. The van der Waals surface area contributed by atoms with E-state index in [9.17, 15) is 9.59 Å². The standard InChI is InChI=1S/C20H33N3O3/c1-7-23(8-2)14-17-12-10-9-11-16(17)13-21-18(24)15-22(6)19(25)26-20(3,4)5/h9-12H,7-8,13-15H2,1-6H3,(H,21,24). The fourth-order valence-electron chi connectivity index (χ4n) is 2.44. The second kappa shape index (κ2) is 10.2. The van der Waals surface area contributed by atoms with E-state index < -0.39 is 11.7 Å². The zero-order chi connectivity index (χ0) is 19.7. The number of nitrogens with zero attached hydrogens (tertiary/aromatic N) is 2. The van der Waals surface area contributed by atoms with Gasteiger partial charge in [-0.05, 0) is 45.0 Å². The predicted octanol–water partition coefficient (Wildman–Crippen LogP) is 3.01. The molecular weight excluding hydrogens is 330 g/mol. The Kier molecular flexibility index (Phi) is 8.58. The van der Waals surface area contributed by atoms with Gasteiger partial charge in [-0.3, -0.25) is 9.69 Å². The molecule has 0 spiro atoms. The molecule has 1 N–H and O–H groups in total. The summed E-state index contributed by atoms with van der Waals surface area (Å²) >= 11 is 0. The molecule has 0 radical (unpaired) electrons. The van der Waals surface area contributed by atoms with Crippen LogP contribution in [0.2, 0.25) is 0 Å². The fraction of sp³-hybridized carbons (Fsp3) is 0.600. The molecule has 1 aromatic rings. The van der Waals surface area contributed by atoms with Gasteiger partial charge >= 0.3 is 6.09 Å². The molecule has 0 saturated heterocycles. The van der Waals surface area contributed by atoms with Crippen LogP contribution in [-0.4, -0.2) is 54.1 Å². The van der Waals surface area contributed by atoms with Crippen molar-refractivity contribution in [2.45, 2.75) is 53.3 Å². The highest BCUT2D eigenvalue weighted by atomic mass is 16.6. The van der Waals surface area contributed by atoms with Crippen LogP contribution in [0, 0.1) is 0 Å². The highest BCUT2D eigenvalue weighted by Gasteiger charge is 2.21. The number of likely N-dealkylation sites (N-methyl/N-ethyl adjacent to an activating group) is 1. The zero-order valence-corrected chi connectivity index (χ0v) is 17.0. The van der Waals surface area contributed by atoms with E-state index in [1.807, 2.05) is 18.2 Å². The summed E-state index contributed by atoms with van der Waals surface area (Å²) in [4.78, 5) is 27.7. The second-order valence-electron chi connectivity index (χ2n) is 7.34. The molecule has 1 rings (SSSR count). The molecule has 0 fully saturated rings. The molecule has 0 aliphatic heterocycles. The van der Waals surface area contributed by atoms with Gasteiger partial charge in [0.1, 0.15) is 12.1 Å². The number of carbonyl (C=O) groups excluding carboxylic acids is 2. The first-order valence-corrected chi connectivity index (χ1v) is 9.16. The fourth-order valence-corrected chi connectivity index (χ4v) is 2.44. The second-order valence-corrected chi connectivity index (χ2v) is 7.34. The van der Waals surface area contributed by atoms with Crippen LogP contribution in [0.1, 0.15) is 45.7 Å². The van der Waals surface area contributed by atoms with E-state index in [-0.39, 0.29) is 12.5 Å². The molecule has 1 aromatic carbocycles. The molecule has 6 heteroatoms. The summed E-state index contributed by atoms with van der Waals surface area (Å²) in [6.07, 6.45) is -0.505. The largest absolute Gasteiger partial charge is 0.444 e. The van der Waals surface area contributed by atoms with Crippen LogP contribution < -0.4 is 5.32 Å². The van der Waals surface area contributed by atoms with E-state index in [0.717, 1.165) is 25.2 Å². The summed E-state index contributed by atoms with van der Waals surface area (Å²) < 4.78 is 5.25. The lowest BCUT2D eigenvalue weighted by Gasteiger charge is -2.24. The smallest absolute Gasteiger partial charge is 0.410 e. The molecule has 26 heavy (non-hydrogen) atoms. The van der Waals surface area contributed by atoms with Gasteiger partial charge in [-0.2, -0.15) is 0 Å². The van der Waals surface area contributed by atoms with Crippen LogP contribution in [0.25, 0.3) is 0 Å². The van der Waals surface area contributed by atoms with E-state index in [1.54, 1.807) is 27.8 Å². The third-order valence-corrected chi connectivity index (χ3v) is 3.97. The van der Waals surface area contributed by atoms with Gasteiger partial charge in [0.15, 0.2) is 0 Å². The lowest BCUT2D eigenvalue weighted by atomic mass is 10.1. The summed E-state index contributed by atoms with van der Waals surface area (Å²) in [7, 11) is 1.56. The van der Waals surface area contributed by atoms with E-state index in [4.69, 9.17) is 4.74 Å². The summed E-state index contributed by atoms with van der Waals surface area (Å²) in [5, 5.41) is 2.89. The number of carbonyl (C=O) groups is 2. The Morgan fingerprint density at radius 2 is 1.65 bits per heavy atom. The molecule has 0 aromatic heterocycles. The predicted molar refractivity (Wildman–Crippen MR) is 104 cm³/mol. The molecule has 2 amide bonds. The molecular formula is C20H33N3O3. The summed E-state index contributed by atoms with van der Waals surface area (Å²) in [5.74, 6) is -0.212. The van der Waals surface area contributed by atoms with Gasteiger partial charge in [0.2, 0.25) is 5.91 Å². The van der Waals surface area contributed by atoms with Gasteiger partial charge in [-0.1, -0.05) is 38.1 Å². The zero-order valence-electron chi connectivity index (χ0n) is 17.0. The monoisotopic (exact) mass is 363 g/mol. The van der Waals surface area contributed by atoms with E-state index >= 15 is 0 Å². The average molecular weight is 364 g/mol. The van der Waals surface area contributed by atoms with Crippen LogP contribution in [-0.2, 0) is 22.6 Å². The molecule has 146 valence electrons. The van der Waals surface area contributed by atoms with Crippen molar-refractivity contribution in [3.05, 3.63) is 35.4 Å². The van der Waals surface area contributed by atoms with Gasteiger partial charge in [-0.15, -0.1) is 0 Å². The van der Waals surface area contributed by atoms with E-state index in [0.29, 0.717) is 6.54 Å². The van der Waals surface area contributed by atoms with Gasteiger partial charge < -0.3 is 15.0 Å². The Bertz CT molecular complexity index is 592. The Morgan fingerprint density at radius 3 is 2.19 bits per heavy atom. The molecule has 0 atom stereocenters. The number of benzene rings is 1. The number of ether oxygens (including phenoxy) is 1. The number of hydrogen-bond donors (Lipinski definition) is 1. The highest BCUT2D eigenvalue weighted by Crippen LogP contribution is 2.12. The number of amides is 2. The number of rotatable bonds is 8. The lowest BCUT2D eigenvalue weighted by molar-refractivity contribution is -0.122. The van der Waals surface area contributed by atoms with Gasteiger partial charge in [-0.25, -0.2) is 4.79 Å². The first kappa shape index (κ1) is 22.0. The third-order valence-electron chi connectivity index (χ3n) is 3.97. The van der Waals surface area contributed by atoms with Crippen LogP contribution in [0.5, 0.6) is 0 Å². The van der Waals surface area contributed by atoms with Crippen molar-refractivity contribution in [3.8, 4) is 0 Å². The van der Waals surface area contributed by atoms with Crippen molar-refractivity contribution in [1.82, 2.24) is 15.1 Å². The number of nitrogens with one attached hydrogen (secondary N) is 1. The third kappa shape index (κ3) is 7.87. The summed E-state index contributed by atoms with van der Waals surface area (Å²) in [6.45, 7) is 12.9. The molecule has 0 aliphatic rings. The van der Waals surface area contributed by atoms with Crippen molar-refractivity contribution in [3.63, 3.8) is 0 Å². The Morgan fingerprint density at radius 1 is 1.08 bits per heavy atom. The molecule has 0 aliphatic carbocycles. The molecule has 0 unspecified atom stereocenters. The van der Waals surface area contributed by atoms with Crippen LogP contribution >= 0.6 is 0 Å². The van der Waals surface area contributed by atoms with Gasteiger partial charge in [0.25, 0.3) is 0 Å². The average Bonchev–Trinajstić information content (AvgIpc) is 2.57. The Labute approximate surface area is 157 Å². The Hall–Kier alpha value is -2.08.